The van der Waals surface area contributed by atoms with Crippen LogP contribution in [0.1, 0.15) is 5.56 Å². The normalized spacial score (nSPS) is 16.4. The lowest BCUT2D eigenvalue weighted by Crippen LogP contribution is -2.48. The smallest absolute Gasteiger partial charge is 0.246 e. The van der Waals surface area contributed by atoms with E-state index in [2.05, 4.69) is 4.90 Å². The van der Waals surface area contributed by atoms with Gasteiger partial charge in [-0.15, -0.1) is 0 Å². The quantitative estimate of drug-likeness (QED) is 0.817. The molecule has 0 radical (unpaired) electrons. The number of ether oxygens (including phenoxy) is 1. The van der Waals surface area contributed by atoms with Crippen LogP contribution in [0.3, 0.4) is 0 Å². The Bertz CT molecular complexity index is 494. The van der Waals surface area contributed by atoms with Gasteiger partial charge in [0.2, 0.25) is 5.91 Å². The van der Waals surface area contributed by atoms with Crippen molar-refractivity contribution in [2.24, 2.45) is 0 Å². The average Bonchev–Trinajstić information content (AvgIpc) is 2.54. The summed E-state index contributed by atoms with van der Waals surface area (Å²) >= 11 is 0. The Morgan fingerprint density at radius 3 is 2.67 bits per heavy atom. The van der Waals surface area contributed by atoms with Crippen LogP contribution in [0.25, 0.3) is 6.08 Å². The van der Waals surface area contributed by atoms with E-state index in [0.29, 0.717) is 19.6 Å². The highest BCUT2D eigenvalue weighted by atomic mass is 16.5. The number of amides is 1. The van der Waals surface area contributed by atoms with Crippen LogP contribution in [0.4, 0.5) is 0 Å². The van der Waals surface area contributed by atoms with Crippen LogP contribution in [0, 0.1) is 0 Å². The van der Waals surface area contributed by atoms with Gasteiger partial charge in [-0.25, -0.2) is 0 Å². The Labute approximate surface area is 125 Å². The molecule has 0 aliphatic carbocycles. The zero-order chi connectivity index (χ0) is 15.1. The highest BCUT2D eigenvalue weighted by Crippen LogP contribution is 2.18. The fraction of sp³-hybridized carbons (Fsp3) is 0.438. The summed E-state index contributed by atoms with van der Waals surface area (Å²) in [5.41, 5.74) is 0.896. The highest BCUT2D eigenvalue weighted by Gasteiger charge is 2.18. The van der Waals surface area contributed by atoms with Gasteiger partial charge in [-0.2, -0.15) is 0 Å². The molecule has 1 aromatic rings. The molecule has 0 unspecified atom stereocenters. The number of aliphatic hydroxyl groups excluding tert-OH is 1. The molecule has 114 valence electrons. The maximum Gasteiger partial charge on any atom is 0.246 e. The third-order valence-electron chi connectivity index (χ3n) is 3.64. The molecule has 0 aromatic heterocycles. The summed E-state index contributed by atoms with van der Waals surface area (Å²) in [6.07, 6.45) is 3.39. The topological polar surface area (TPSA) is 53.0 Å². The van der Waals surface area contributed by atoms with Gasteiger partial charge in [-0.3, -0.25) is 9.69 Å². The van der Waals surface area contributed by atoms with E-state index in [1.54, 1.807) is 19.3 Å². The van der Waals surface area contributed by atoms with Crippen LogP contribution in [-0.4, -0.2) is 67.3 Å². The minimum atomic E-state index is 0.0181. The maximum absolute atomic E-state index is 12.2. The van der Waals surface area contributed by atoms with E-state index in [4.69, 9.17) is 9.84 Å². The van der Waals surface area contributed by atoms with E-state index in [0.717, 1.165) is 24.4 Å². The Balaban J connectivity index is 1.91. The van der Waals surface area contributed by atoms with E-state index >= 15 is 0 Å². The van der Waals surface area contributed by atoms with Gasteiger partial charge in [0.05, 0.1) is 13.7 Å². The summed E-state index contributed by atoms with van der Waals surface area (Å²) in [5.74, 6) is 0.777. The zero-order valence-electron chi connectivity index (χ0n) is 12.4. The first kappa shape index (κ1) is 15.5. The number of carbonyl (C=O) groups excluding carboxylic acids is 1. The molecule has 1 amide bonds. The number of hydrogen-bond donors (Lipinski definition) is 1. The number of carbonyl (C=O) groups is 1. The van der Waals surface area contributed by atoms with Crippen LogP contribution in [0.5, 0.6) is 5.75 Å². The van der Waals surface area contributed by atoms with Crippen LogP contribution in [-0.2, 0) is 4.79 Å². The van der Waals surface area contributed by atoms with Crippen LogP contribution in [0.2, 0.25) is 0 Å². The Morgan fingerprint density at radius 1 is 1.29 bits per heavy atom. The van der Waals surface area contributed by atoms with E-state index < -0.39 is 0 Å². The first-order valence-corrected chi connectivity index (χ1v) is 7.18. The van der Waals surface area contributed by atoms with E-state index in [-0.39, 0.29) is 12.5 Å². The largest absolute Gasteiger partial charge is 0.496 e. The van der Waals surface area contributed by atoms with Gasteiger partial charge in [-0.05, 0) is 12.1 Å². The van der Waals surface area contributed by atoms with Gasteiger partial charge in [0, 0.05) is 44.4 Å². The number of methoxy groups -OCH3 is 1. The predicted molar refractivity (Wildman–Crippen MR) is 82.1 cm³/mol. The second-order valence-electron chi connectivity index (χ2n) is 4.97. The molecular weight excluding hydrogens is 268 g/mol. The fourth-order valence-electron chi connectivity index (χ4n) is 2.40. The van der Waals surface area contributed by atoms with Crippen molar-refractivity contribution < 1.29 is 14.6 Å². The SMILES string of the molecule is COc1ccccc1C=CC(=O)N1CCN(CCO)CC1. The molecule has 0 atom stereocenters. The molecule has 2 rings (SSSR count). The number of benzene rings is 1. The molecule has 0 bridgehead atoms. The van der Waals surface area contributed by atoms with Crippen molar-refractivity contribution in [3.05, 3.63) is 35.9 Å². The average molecular weight is 290 g/mol. The fourth-order valence-corrected chi connectivity index (χ4v) is 2.40. The third kappa shape index (κ3) is 4.31. The molecule has 1 aromatic carbocycles. The van der Waals surface area contributed by atoms with Gasteiger partial charge >= 0.3 is 0 Å². The molecule has 1 heterocycles. The van der Waals surface area contributed by atoms with E-state index in [9.17, 15) is 4.79 Å². The number of aliphatic hydroxyl groups is 1. The van der Waals surface area contributed by atoms with Crippen LogP contribution < -0.4 is 4.74 Å². The van der Waals surface area contributed by atoms with Crippen molar-refractivity contribution in [2.45, 2.75) is 0 Å². The van der Waals surface area contributed by atoms with Gasteiger partial charge in [0.15, 0.2) is 0 Å². The lowest BCUT2D eigenvalue weighted by Gasteiger charge is -2.33. The van der Waals surface area contributed by atoms with Gasteiger partial charge < -0.3 is 14.7 Å². The monoisotopic (exact) mass is 290 g/mol. The van der Waals surface area contributed by atoms with Crippen molar-refractivity contribution in [1.82, 2.24) is 9.80 Å². The van der Waals surface area contributed by atoms with Crippen molar-refractivity contribution in [1.29, 1.82) is 0 Å². The number of β-amino-alcohol motifs (C(OH)–C–C–N with tert-alkyl or cyclic N) is 1. The van der Waals surface area contributed by atoms with E-state index in [1.807, 2.05) is 29.2 Å². The molecule has 0 spiro atoms. The van der Waals surface area contributed by atoms with Gasteiger partial charge in [0.25, 0.3) is 0 Å². The lowest BCUT2D eigenvalue weighted by molar-refractivity contribution is -0.127. The maximum atomic E-state index is 12.2. The molecule has 1 N–H and O–H groups in total. The second kappa shape index (κ2) is 7.81. The number of rotatable bonds is 5. The summed E-state index contributed by atoms with van der Waals surface area (Å²) in [7, 11) is 1.62. The van der Waals surface area contributed by atoms with Crippen molar-refractivity contribution in [2.75, 3.05) is 46.4 Å². The summed E-state index contributed by atoms with van der Waals surface area (Å²) in [6, 6.07) is 7.61. The first-order valence-electron chi connectivity index (χ1n) is 7.18. The van der Waals surface area contributed by atoms with Gasteiger partial charge in [-0.1, -0.05) is 18.2 Å². The van der Waals surface area contributed by atoms with Crippen LogP contribution in [0.15, 0.2) is 30.3 Å². The summed E-state index contributed by atoms with van der Waals surface area (Å²) in [4.78, 5) is 16.2. The predicted octanol–water partition coefficient (Wildman–Crippen LogP) is 0.845. The zero-order valence-corrected chi connectivity index (χ0v) is 12.4. The minimum Gasteiger partial charge on any atom is -0.496 e. The molecule has 5 nitrogen and oxygen atoms in total. The Hall–Kier alpha value is -1.85. The number of piperazine rings is 1. The molecular formula is C16H22N2O3. The summed E-state index contributed by atoms with van der Waals surface area (Å²) in [6.45, 7) is 3.88. The summed E-state index contributed by atoms with van der Waals surface area (Å²) < 4.78 is 5.26. The minimum absolute atomic E-state index is 0.0181. The van der Waals surface area contributed by atoms with Crippen molar-refractivity contribution in [3.63, 3.8) is 0 Å². The Kier molecular flexibility index (Phi) is 5.78. The summed E-state index contributed by atoms with van der Waals surface area (Å²) in [5, 5.41) is 8.91. The standard InChI is InChI=1S/C16H22N2O3/c1-21-15-5-3-2-4-14(15)6-7-16(20)18-10-8-17(9-11-18)12-13-19/h2-7,19H,8-13H2,1H3. The van der Waals surface area contributed by atoms with Gasteiger partial charge in [0.1, 0.15) is 5.75 Å². The number of nitrogens with zero attached hydrogens (tertiary/aromatic N) is 2. The van der Waals surface area contributed by atoms with E-state index in [1.165, 1.54) is 0 Å². The molecule has 1 fully saturated rings. The van der Waals surface area contributed by atoms with Crippen LogP contribution >= 0.6 is 0 Å². The van der Waals surface area contributed by atoms with Crippen molar-refractivity contribution >= 4 is 12.0 Å². The number of para-hydroxylation sites is 1. The third-order valence-corrected chi connectivity index (χ3v) is 3.64. The molecule has 21 heavy (non-hydrogen) atoms. The molecule has 1 saturated heterocycles. The number of hydrogen-bond acceptors (Lipinski definition) is 4. The molecule has 1 aliphatic heterocycles. The first-order chi connectivity index (χ1) is 10.2. The highest BCUT2D eigenvalue weighted by molar-refractivity contribution is 5.92. The van der Waals surface area contributed by atoms with Crippen molar-refractivity contribution in [3.8, 4) is 5.75 Å². The molecule has 5 heteroatoms. The second-order valence-corrected chi connectivity index (χ2v) is 4.97. The molecule has 0 saturated carbocycles. The lowest BCUT2D eigenvalue weighted by atomic mass is 10.2. The Morgan fingerprint density at radius 2 is 2.00 bits per heavy atom. The molecule has 1 aliphatic rings.